The van der Waals surface area contributed by atoms with Gasteiger partial charge in [-0.2, -0.15) is 0 Å². The third-order valence-electron chi connectivity index (χ3n) is 2.42. The molecule has 0 spiro atoms. The summed E-state index contributed by atoms with van der Waals surface area (Å²) in [5.74, 6) is -0.0303. The Morgan fingerprint density at radius 3 is 2.27 bits per heavy atom. The molecule has 2 heteroatoms. The largest absolute Gasteiger partial charge is 0.207 e. The van der Waals surface area contributed by atoms with Crippen molar-refractivity contribution in [3.8, 4) is 0 Å². The van der Waals surface area contributed by atoms with E-state index in [4.69, 9.17) is 0 Å². The molecule has 1 aromatic carbocycles. The van der Waals surface area contributed by atoms with Crippen molar-refractivity contribution in [3.05, 3.63) is 28.6 Å². The van der Waals surface area contributed by atoms with E-state index >= 15 is 0 Å². The lowest BCUT2D eigenvalue weighted by atomic mass is 10.0. The van der Waals surface area contributed by atoms with E-state index in [0.29, 0.717) is 0 Å². The topological polar surface area (TPSA) is 0 Å². The molecule has 1 rings (SSSR count). The van der Waals surface area contributed by atoms with Crippen LogP contribution >= 0.6 is 0 Å². The Morgan fingerprint density at radius 2 is 1.73 bits per heavy atom. The predicted octanol–water partition coefficient (Wildman–Crippen LogP) is 0.742. The lowest BCUT2D eigenvalue weighted by molar-refractivity contribution is 0.633. The van der Waals surface area contributed by atoms with E-state index < -0.39 is 0 Å². The highest BCUT2D eigenvalue weighted by atomic mass is 28.1. The highest BCUT2D eigenvalue weighted by molar-refractivity contribution is 6.33. The van der Waals surface area contributed by atoms with E-state index in [1.807, 2.05) is 20.8 Å². The molecule has 0 nitrogen and oxygen atoms in total. The first kappa shape index (κ1) is 8.46. The lowest BCUT2D eigenvalue weighted by Crippen LogP contribution is -2.14. The minimum absolute atomic E-state index is 0.0303. The number of benzene rings is 1. The van der Waals surface area contributed by atoms with Crippen LogP contribution in [0.3, 0.4) is 0 Å². The Balaban J connectivity index is 3.46. The van der Waals surface area contributed by atoms with Crippen LogP contribution in [-0.2, 0) is 0 Å². The second kappa shape index (κ2) is 2.78. The maximum atomic E-state index is 13.1. The van der Waals surface area contributed by atoms with Crippen molar-refractivity contribution in [2.24, 2.45) is 0 Å². The minimum atomic E-state index is -0.0303. The maximum Gasteiger partial charge on any atom is 0.121 e. The van der Waals surface area contributed by atoms with E-state index in [2.05, 4.69) is 0 Å². The quantitative estimate of drug-likeness (QED) is 0.501. The van der Waals surface area contributed by atoms with Gasteiger partial charge in [-0.15, -0.1) is 0 Å². The van der Waals surface area contributed by atoms with Gasteiger partial charge in [0.05, 0.1) is 0 Å². The molecular weight excluding hydrogens is 155 g/mol. The van der Waals surface area contributed by atoms with E-state index in [0.717, 1.165) is 26.6 Å². The summed E-state index contributed by atoms with van der Waals surface area (Å²) in [4.78, 5) is 0. The number of aryl methyl sites for hydroxylation is 1. The molecular formula is C9H13FSi. The zero-order valence-electron chi connectivity index (χ0n) is 7.46. The molecule has 0 unspecified atom stereocenters. The highest BCUT2D eigenvalue weighted by Crippen LogP contribution is 2.11. The monoisotopic (exact) mass is 168 g/mol. The van der Waals surface area contributed by atoms with Crippen LogP contribution in [-0.4, -0.2) is 10.2 Å². The fourth-order valence-electron chi connectivity index (χ4n) is 1.16. The summed E-state index contributed by atoms with van der Waals surface area (Å²) >= 11 is 0. The third-order valence-corrected chi connectivity index (χ3v) is 3.65. The Labute approximate surface area is 69.9 Å². The van der Waals surface area contributed by atoms with Crippen molar-refractivity contribution < 1.29 is 4.39 Å². The molecule has 0 fully saturated rings. The maximum absolute atomic E-state index is 13.1. The lowest BCUT2D eigenvalue weighted by Gasteiger charge is -2.08. The molecule has 0 bridgehead atoms. The van der Waals surface area contributed by atoms with Crippen molar-refractivity contribution >= 4 is 15.4 Å². The Morgan fingerprint density at radius 1 is 1.18 bits per heavy atom. The standard InChI is InChI=1S/C9H13FSi/c1-5-4-8(10)9(11)7(3)6(5)2/h4H,1-3,11H3. The number of hydrogen-bond acceptors (Lipinski definition) is 0. The van der Waals surface area contributed by atoms with Gasteiger partial charge in [0.1, 0.15) is 5.82 Å². The van der Waals surface area contributed by atoms with Crippen LogP contribution in [0.25, 0.3) is 0 Å². The van der Waals surface area contributed by atoms with Gasteiger partial charge in [-0.3, -0.25) is 0 Å². The summed E-state index contributed by atoms with van der Waals surface area (Å²) in [6.45, 7) is 5.99. The molecule has 0 N–H and O–H groups in total. The number of hydrogen-bond donors (Lipinski definition) is 0. The van der Waals surface area contributed by atoms with Gasteiger partial charge in [0.25, 0.3) is 0 Å². The summed E-state index contributed by atoms with van der Waals surface area (Å²) in [5, 5.41) is 0.910. The van der Waals surface area contributed by atoms with E-state index in [1.165, 1.54) is 5.56 Å². The van der Waals surface area contributed by atoms with Crippen molar-refractivity contribution in [3.63, 3.8) is 0 Å². The molecule has 0 heterocycles. The van der Waals surface area contributed by atoms with E-state index in [9.17, 15) is 4.39 Å². The van der Waals surface area contributed by atoms with Crippen LogP contribution < -0.4 is 5.19 Å². The fourth-order valence-corrected chi connectivity index (χ4v) is 1.68. The molecule has 0 radical (unpaired) electrons. The molecule has 60 valence electrons. The summed E-state index contributed by atoms with van der Waals surface area (Å²) < 4.78 is 13.1. The SMILES string of the molecule is Cc1cc(F)c([SiH3])c(C)c1C. The van der Waals surface area contributed by atoms with Gasteiger partial charge in [-0.25, -0.2) is 4.39 Å². The predicted molar refractivity (Wildman–Crippen MR) is 50.2 cm³/mol. The van der Waals surface area contributed by atoms with Gasteiger partial charge in [-0.05, 0) is 48.7 Å². The first-order valence-corrected chi connectivity index (χ1v) is 4.77. The third kappa shape index (κ3) is 1.36. The molecule has 0 aliphatic carbocycles. The first-order valence-electron chi connectivity index (χ1n) is 3.77. The molecule has 0 saturated carbocycles. The van der Waals surface area contributed by atoms with Gasteiger partial charge in [0.2, 0.25) is 0 Å². The average molecular weight is 168 g/mol. The second-order valence-corrected chi connectivity index (χ2v) is 4.05. The second-order valence-electron chi connectivity index (χ2n) is 3.05. The summed E-state index contributed by atoms with van der Waals surface area (Å²) in [7, 11) is 0.800. The van der Waals surface area contributed by atoms with Crippen LogP contribution in [0.5, 0.6) is 0 Å². The van der Waals surface area contributed by atoms with Crippen LogP contribution in [0, 0.1) is 26.6 Å². The number of rotatable bonds is 0. The molecule has 11 heavy (non-hydrogen) atoms. The molecule has 1 aromatic rings. The first-order chi connectivity index (χ1) is 5.04. The fraction of sp³-hybridized carbons (Fsp3) is 0.333. The van der Waals surface area contributed by atoms with Crippen LogP contribution in [0.15, 0.2) is 6.07 Å². The highest BCUT2D eigenvalue weighted by Gasteiger charge is 2.04. The van der Waals surface area contributed by atoms with Gasteiger partial charge in [0.15, 0.2) is 0 Å². The molecule has 0 amide bonds. The molecule has 0 aliphatic heterocycles. The van der Waals surface area contributed by atoms with Gasteiger partial charge < -0.3 is 0 Å². The summed E-state index contributed by atoms with van der Waals surface area (Å²) in [6, 6.07) is 1.63. The molecule has 0 aromatic heterocycles. The Bertz CT molecular complexity index is 266. The number of halogens is 1. The molecule has 0 saturated heterocycles. The van der Waals surface area contributed by atoms with Crippen molar-refractivity contribution in [1.29, 1.82) is 0 Å². The van der Waals surface area contributed by atoms with Gasteiger partial charge >= 0.3 is 0 Å². The zero-order valence-corrected chi connectivity index (χ0v) is 9.46. The van der Waals surface area contributed by atoms with E-state index in [-0.39, 0.29) is 5.82 Å². The summed E-state index contributed by atoms with van der Waals surface area (Å²) in [5.41, 5.74) is 3.42. The zero-order chi connectivity index (χ0) is 8.59. The van der Waals surface area contributed by atoms with Crippen molar-refractivity contribution in [1.82, 2.24) is 0 Å². The summed E-state index contributed by atoms with van der Waals surface area (Å²) in [6.07, 6.45) is 0. The molecule has 0 aliphatic rings. The van der Waals surface area contributed by atoms with Crippen molar-refractivity contribution in [2.45, 2.75) is 20.8 Å². The Hall–Kier alpha value is -0.633. The van der Waals surface area contributed by atoms with E-state index in [1.54, 1.807) is 6.07 Å². The van der Waals surface area contributed by atoms with Gasteiger partial charge in [-0.1, -0.05) is 0 Å². The van der Waals surface area contributed by atoms with Crippen LogP contribution in [0.1, 0.15) is 16.7 Å². The smallest absolute Gasteiger partial charge is 0.121 e. The normalized spacial score (nSPS) is 10.5. The van der Waals surface area contributed by atoms with Gasteiger partial charge in [0, 0.05) is 10.2 Å². The average Bonchev–Trinajstić information content (AvgIpc) is 1.97. The Kier molecular flexibility index (Phi) is 2.14. The van der Waals surface area contributed by atoms with Crippen LogP contribution in [0.2, 0.25) is 0 Å². The van der Waals surface area contributed by atoms with Crippen LogP contribution in [0.4, 0.5) is 4.39 Å². The molecule has 0 atom stereocenters. The minimum Gasteiger partial charge on any atom is -0.207 e. The van der Waals surface area contributed by atoms with Crippen molar-refractivity contribution in [2.75, 3.05) is 0 Å².